The Morgan fingerprint density at radius 1 is 1.38 bits per heavy atom. The minimum absolute atomic E-state index is 0.701. The first-order valence-corrected chi connectivity index (χ1v) is 3.78. The number of hydrogen-bond acceptors (Lipinski definition) is 4. The smallest absolute Gasteiger partial charge is 0.176 e. The van der Waals surface area contributed by atoms with Gasteiger partial charge < -0.3 is 4.74 Å². The van der Waals surface area contributed by atoms with Crippen molar-refractivity contribution in [2.45, 2.75) is 0 Å². The highest BCUT2D eigenvalue weighted by atomic mass is 16.5. The van der Waals surface area contributed by atoms with Crippen molar-refractivity contribution in [1.29, 1.82) is 0 Å². The predicted octanol–water partition coefficient (Wildman–Crippen LogP) is 0.995. The van der Waals surface area contributed by atoms with Crippen molar-refractivity contribution in [3.05, 3.63) is 18.2 Å². The first kappa shape index (κ1) is 7.72. The quantitative estimate of drug-likeness (QED) is 0.548. The molecule has 13 heavy (non-hydrogen) atoms. The van der Waals surface area contributed by atoms with Crippen LogP contribution in [0.15, 0.2) is 23.2 Å². The van der Waals surface area contributed by atoms with E-state index in [0.717, 1.165) is 11.0 Å². The number of hydrogen-bond donors (Lipinski definition) is 1. The van der Waals surface area contributed by atoms with Gasteiger partial charge in [0.15, 0.2) is 6.40 Å². The number of aromatic amines is 1. The van der Waals surface area contributed by atoms with Crippen molar-refractivity contribution in [3.8, 4) is 5.75 Å². The third-order valence-corrected chi connectivity index (χ3v) is 1.58. The normalized spacial score (nSPS) is 11.2. The van der Waals surface area contributed by atoms with Gasteiger partial charge in [-0.1, -0.05) is 0 Å². The monoisotopic (exact) mass is 176 g/mol. The van der Waals surface area contributed by atoms with Crippen molar-refractivity contribution < 1.29 is 4.74 Å². The number of H-pyrrole nitrogens is 1. The molecule has 0 aliphatic carbocycles. The Morgan fingerprint density at radius 3 is 3.08 bits per heavy atom. The molecule has 1 aromatic heterocycles. The van der Waals surface area contributed by atoms with Gasteiger partial charge in [0, 0.05) is 13.1 Å². The Hall–Kier alpha value is -1.91. The summed E-state index contributed by atoms with van der Waals surface area (Å²) < 4.78 is 5.16. The number of fused-ring (bicyclic) bond motifs is 1. The zero-order valence-corrected chi connectivity index (χ0v) is 7.06. The molecule has 0 radical (unpaired) electrons. The number of nitrogens with one attached hydrogen (secondary N) is 1. The summed E-state index contributed by atoms with van der Waals surface area (Å²) in [6.45, 7) is 0. The van der Waals surface area contributed by atoms with Gasteiger partial charge in [-0.25, -0.2) is 0 Å². The molecule has 0 saturated carbocycles. The molecule has 5 heteroatoms. The second-order valence-corrected chi connectivity index (χ2v) is 2.46. The van der Waals surface area contributed by atoms with Gasteiger partial charge in [0.1, 0.15) is 16.8 Å². The lowest BCUT2D eigenvalue weighted by Gasteiger charge is -1.96. The van der Waals surface area contributed by atoms with Gasteiger partial charge in [0.05, 0.1) is 0 Å². The molecule has 0 unspecified atom stereocenters. The van der Waals surface area contributed by atoms with Gasteiger partial charge in [0.2, 0.25) is 0 Å². The average molecular weight is 176 g/mol. The van der Waals surface area contributed by atoms with E-state index in [-0.39, 0.29) is 0 Å². The lowest BCUT2D eigenvalue weighted by molar-refractivity contribution is 0.574. The second kappa shape index (κ2) is 3.22. The fourth-order valence-corrected chi connectivity index (χ4v) is 1.01. The third kappa shape index (κ3) is 1.48. The maximum atomic E-state index is 5.16. The number of benzene rings is 1. The van der Waals surface area contributed by atoms with Gasteiger partial charge >= 0.3 is 0 Å². The zero-order chi connectivity index (χ0) is 9.10. The molecule has 0 atom stereocenters. The second-order valence-electron chi connectivity index (χ2n) is 2.46. The molecule has 1 aromatic carbocycles. The molecule has 0 fully saturated rings. The Morgan fingerprint density at radius 2 is 2.23 bits per heavy atom. The lowest BCUT2D eigenvalue weighted by atomic mass is 10.3. The van der Waals surface area contributed by atoms with Crippen LogP contribution in [0, 0.1) is 0 Å². The minimum Gasteiger partial charge on any atom is -0.446 e. The Kier molecular flexibility index (Phi) is 1.91. The summed E-state index contributed by atoms with van der Waals surface area (Å²) in [7, 11) is 1.65. The molecule has 0 aliphatic heterocycles. The van der Waals surface area contributed by atoms with Crippen LogP contribution in [0.1, 0.15) is 0 Å². The van der Waals surface area contributed by atoms with Gasteiger partial charge in [-0.15, -0.1) is 0 Å². The van der Waals surface area contributed by atoms with Gasteiger partial charge in [-0.2, -0.15) is 15.4 Å². The summed E-state index contributed by atoms with van der Waals surface area (Å²) in [4.78, 5) is 3.71. The number of aromatic nitrogens is 3. The van der Waals surface area contributed by atoms with Gasteiger partial charge in [0.25, 0.3) is 0 Å². The summed E-state index contributed by atoms with van der Waals surface area (Å²) in [6, 6.07) is 5.44. The molecule has 2 rings (SSSR count). The highest BCUT2D eigenvalue weighted by molar-refractivity contribution is 5.75. The number of ether oxygens (including phenoxy) is 1. The fraction of sp³-hybridized carbons (Fsp3) is 0.125. The van der Waals surface area contributed by atoms with E-state index < -0.39 is 0 Å². The van der Waals surface area contributed by atoms with E-state index >= 15 is 0 Å². The first-order valence-electron chi connectivity index (χ1n) is 3.78. The zero-order valence-electron chi connectivity index (χ0n) is 7.06. The van der Waals surface area contributed by atoms with Gasteiger partial charge in [-0.3, -0.25) is 4.99 Å². The van der Waals surface area contributed by atoms with E-state index in [9.17, 15) is 0 Å². The van der Waals surface area contributed by atoms with Crippen molar-refractivity contribution in [2.75, 3.05) is 7.05 Å². The Bertz CT molecular complexity index is 434. The largest absolute Gasteiger partial charge is 0.446 e. The van der Waals surface area contributed by atoms with E-state index in [2.05, 4.69) is 20.4 Å². The van der Waals surface area contributed by atoms with E-state index in [1.807, 2.05) is 12.1 Å². The standard InChI is InChI=1S/C8H8N4O/c1-9-5-13-6-2-3-7-8(4-6)11-12-10-7/h2-5H,1H3,(H,10,11,12). The summed E-state index contributed by atoms with van der Waals surface area (Å²) >= 11 is 0. The summed E-state index contributed by atoms with van der Waals surface area (Å²) in [5, 5.41) is 10.4. The topological polar surface area (TPSA) is 63.2 Å². The lowest BCUT2D eigenvalue weighted by Crippen LogP contribution is -1.88. The van der Waals surface area contributed by atoms with Crippen LogP contribution in [-0.2, 0) is 0 Å². The molecule has 0 saturated heterocycles. The maximum absolute atomic E-state index is 5.16. The molecule has 5 nitrogen and oxygen atoms in total. The van der Waals surface area contributed by atoms with Crippen LogP contribution in [0.25, 0.3) is 11.0 Å². The Labute approximate surface area is 74.4 Å². The molecular formula is C8H8N4O. The molecule has 0 aliphatic rings. The van der Waals surface area contributed by atoms with E-state index in [1.54, 1.807) is 13.1 Å². The summed E-state index contributed by atoms with van der Waals surface area (Å²) in [5.74, 6) is 0.701. The predicted molar refractivity (Wildman–Crippen MR) is 48.9 cm³/mol. The fourth-order valence-electron chi connectivity index (χ4n) is 1.01. The molecule has 2 aromatic rings. The van der Waals surface area contributed by atoms with Crippen LogP contribution in [0.5, 0.6) is 5.75 Å². The van der Waals surface area contributed by atoms with Crippen molar-refractivity contribution in [3.63, 3.8) is 0 Å². The molecule has 0 amide bonds. The van der Waals surface area contributed by atoms with Crippen LogP contribution < -0.4 is 4.74 Å². The molecule has 1 N–H and O–H groups in total. The van der Waals surface area contributed by atoms with E-state index in [4.69, 9.17) is 4.74 Å². The number of aliphatic imine (C=N–C) groups is 1. The molecular weight excluding hydrogens is 168 g/mol. The maximum Gasteiger partial charge on any atom is 0.176 e. The highest BCUT2D eigenvalue weighted by Gasteiger charge is 1.98. The SMILES string of the molecule is CN=COc1ccc2n[nH]nc2c1. The number of rotatable bonds is 2. The van der Waals surface area contributed by atoms with Crippen molar-refractivity contribution in [1.82, 2.24) is 15.4 Å². The van der Waals surface area contributed by atoms with E-state index in [0.29, 0.717) is 5.75 Å². The highest BCUT2D eigenvalue weighted by Crippen LogP contribution is 2.16. The van der Waals surface area contributed by atoms with Crippen LogP contribution >= 0.6 is 0 Å². The first-order chi connectivity index (χ1) is 6.40. The third-order valence-electron chi connectivity index (χ3n) is 1.58. The summed E-state index contributed by atoms with van der Waals surface area (Å²) in [5.41, 5.74) is 1.60. The van der Waals surface area contributed by atoms with Crippen molar-refractivity contribution in [2.24, 2.45) is 4.99 Å². The van der Waals surface area contributed by atoms with Crippen molar-refractivity contribution >= 4 is 17.4 Å². The molecule has 1 heterocycles. The number of nitrogens with zero attached hydrogens (tertiary/aromatic N) is 3. The van der Waals surface area contributed by atoms with Crippen LogP contribution in [-0.4, -0.2) is 28.9 Å². The molecule has 0 spiro atoms. The van der Waals surface area contributed by atoms with E-state index in [1.165, 1.54) is 6.40 Å². The Balaban J connectivity index is 2.36. The van der Waals surface area contributed by atoms with Crippen LogP contribution in [0.2, 0.25) is 0 Å². The molecule has 0 bridgehead atoms. The van der Waals surface area contributed by atoms with Crippen LogP contribution in [0.3, 0.4) is 0 Å². The molecule has 66 valence electrons. The average Bonchev–Trinajstić information content (AvgIpc) is 2.61. The van der Waals surface area contributed by atoms with Crippen LogP contribution in [0.4, 0.5) is 0 Å². The van der Waals surface area contributed by atoms with Gasteiger partial charge in [-0.05, 0) is 12.1 Å². The minimum atomic E-state index is 0.701. The summed E-state index contributed by atoms with van der Waals surface area (Å²) in [6.07, 6.45) is 1.38.